The highest BCUT2D eigenvalue weighted by atomic mass is 35.5. The molecule has 3 saturated carbocycles. The minimum atomic E-state index is 0.507. The monoisotopic (exact) mass is 212 g/mol. The fourth-order valence-electron chi connectivity index (χ4n) is 4.43. The molecular formula is C13H21Cl. The summed E-state index contributed by atoms with van der Waals surface area (Å²) in [6.07, 6.45) is 11.7. The van der Waals surface area contributed by atoms with Gasteiger partial charge < -0.3 is 0 Å². The molecule has 3 aliphatic carbocycles. The van der Waals surface area contributed by atoms with Gasteiger partial charge in [0.2, 0.25) is 0 Å². The van der Waals surface area contributed by atoms with E-state index < -0.39 is 0 Å². The van der Waals surface area contributed by atoms with Crippen molar-refractivity contribution in [1.82, 2.24) is 0 Å². The predicted molar refractivity (Wildman–Crippen MR) is 60.5 cm³/mol. The van der Waals surface area contributed by atoms with Crippen molar-refractivity contribution < 1.29 is 0 Å². The Morgan fingerprint density at radius 2 is 1.64 bits per heavy atom. The molecule has 80 valence electrons. The molecule has 2 bridgehead atoms. The summed E-state index contributed by atoms with van der Waals surface area (Å²) in [5.41, 5.74) is 0. The second-order valence-corrected chi connectivity index (χ2v) is 6.48. The lowest BCUT2D eigenvalue weighted by atomic mass is 9.73. The van der Waals surface area contributed by atoms with Crippen LogP contribution in [0.3, 0.4) is 0 Å². The van der Waals surface area contributed by atoms with Crippen molar-refractivity contribution in [3.8, 4) is 0 Å². The Kier molecular flexibility index (Phi) is 2.51. The summed E-state index contributed by atoms with van der Waals surface area (Å²) in [6.45, 7) is 0. The van der Waals surface area contributed by atoms with E-state index in [0.29, 0.717) is 5.38 Å². The predicted octanol–water partition coefficient (Wildman–Crippen LogP) is 4.22. The average Bonchev–Trinajstić information content (AvgIpc) is 2.78. The highest BCUT2D eigenvalue weighted by Crippen LogP contribution is 2.53. The van der Waals surface area contributed by atoms with Crippen LogP contribution in [0.2, 0.25) is 0 Å². The molecule has 0 aromatic rings. The van der Waals surface area contributed by atoms with Gasteiger partial charge in [0.05, 0.1) is 0 Å². The zero-order valence-electron chi connectivity index (χ0n) is 8.92. The maximum atomic E-state index is 6.29. The van der Waals surface area contributed by atoms with Crippen molar-refractivity contribution >= 4 is 11.6 Å². The van der Waals surface area contributed by atoms with E-state index >= 15 is 0 Å². The minimum absolute atomic E-state index is 0.507. The number of fused-ring (bicyclic) bond motifs is 2. The number of rotatable bonds is 1. The molecule has 5 unspecified atom stereocenters. The van der Waals surface area contributed by atoms with E-state index in [4.69, 9.17) is 11.6 Å². The van der Waals surface area contributed by atoms with Crippen molar-refractivity contribution in [2.45, 2.75) is 56.7 Å². The van der Waals surface area contributed by atoms with Gasteiger partial charge in [0.15, 0.2) is 0 Å². The maximum absolute atomic E-state index is 6.29. The molecule has 0 amide bonds. The van der Waals surface area contributed by atoms with E-state index in [0.717, 1.165) is 23.7 Å². The fourth-order valence-corrected chi connectivity index (χ4v) is 4.81. The van der Waals surface area contributed by atoms with Crippen LogP contribution in [-0.2, 0) is 0 Å². The molecule has 1 heteroatoms. The van der Waals surface area contributed by atoms with Gasteiger partial charge in [-0.25, -0.2) is 0 Å². The quantitative estimate of drug-likeness (QED) is 0.571. The van der Waals surface area contributed by atoms with E-state index in [-0.39, 0.29) is 0 Å². The van der Waals surface area contributed by atoms with Crippen LogP contribution in [0.1, 0.15) is 51.4 Å². The lowest BCUT2D eigenvalue weighted by Crippen LogP contribution is -2.26. The van der Waals surface area contributed by atoms with Crippen LogP contribution in [0.5, 0.6) is 0 Å². The number of hydrogen-bond donors (Lipinski definition) is 0. The summed E-state index contributed by atoms with van der Waals surface area (Å²) in [6, 6.07) is 0. The summed E-state index contributed by atoms with van der Waals surface area (Å²) in [4.78, 5) is 0. The Labute approximate surface area is 92.4 Å². The summed E-state index contributed by atoms with van der Waals surface area (Å²) < 4.78 is 0. The Hall–Kier alpha value is 0.290. The first-order chi connectivity index (χ1) is 6.83. The SMILES string of the molecule is ClC1CCCC(C2CC3CCC2C3)C1. The van der Waals surface area contributed by atoms with Gasteiger partial charge in [-0.3, -0.25) is 0 Å². The molecule has 3 fully saturated rings. The first-order valence-electron chi connectivity index (χ1n) is 6.47. The fraction of sp³-hybridized carbons (Fsp3) is 1.00. The molecule has 0 nitrogen and oxygen atoms in total. The van der Waals surface area contributed by atoms with E-state index in [9.17, 15) is 0 Å². The third-order valence-electron chi connectivity index (χ3n) is 5.05. The molecule has 0 N–H and O–H groups in total. The molecule has 0 heterocycles. The Bertz CT molecular complexity index is 213. The van der Waals surface area contributed by atoms with Crippen molar-refractivity contribution in [1.29, 1.82) is 0 Å². The highest BCUT2D eigenvalue weighted by molar-refractivity contribution is 6.20. The van der Waals surface area contributed by atoms with Gasteiger partial charge in [0, 0.05) is 5.38 Å². The standard InChI is InChI=1S/C13H21Cl/c14-12-3-1-2-10(8-12)13-7-9-4-5-11(13)6-9/h9-13H,1-8H2. The molecule has 0 spiro atoms. The van der Waals surface area contributed by atoms with E-state index in [1.165, 1.54) is 32.1 Å². The molecule has 0 aromatic carbocycles. The van der Waals surface area contributed by atoms with Gasteiger partial charge in [-0.05, 0) is 55.8 Å². The highest BCUT2D eigenvalue weighted by Gasteiger charge is 2.43. The van der Waals surface area contributed by atoms with Crippen LogP contribution in [-0.4, -0.2) is 5.38 Å². The van der Waals surface area contributed by atoms with Crippen LogP contribution in [0, 0.1) is 23.7 Å². The third kappa shape index (κ3) is 1.60. The van der Waals surface area contributed by atoms with Gasteiger partial charge in [0.25, 0.3) is 0 Å². The molecule has 0 aromatic heterocycles. The first kappa shape index (κ1) is 9.51. The Balaban J connectivity index is 1.65. The summed E-state index contributed by atoms with van der Waals surface area (Å²) in [7, 11) is 0. The van der Waals surface area contributed by atoms with Gasteiger partial charge >= 0.3 is 0 Å². The van der Waals surface area contributed by atoms with E-state index in [2.05, 4.69) is 0 Å². The molecule has 0 aliphatic heterocycles. The molecule has 5 atom stereocenters. The van der Waals surface area contributed by atoms with Gasteiger partial charge in [-0.15, -0.1) is 11.6 Å². The summed E-state index contributed by atoms with van der Waals surface area (Å²) in [5, 5.41) is 0.507. The largest absolute Gasteiger partial charge is 0.123 e. The first-order valence-corrected chi connectivity index (χ1v) is 6.90. The lowest BCUT2D eigenvalue weighted by Gasteiger charge is -2.34. The number of alkyl halides is 1. The molecule has 3 rings (SSSR count). The molecular weight excluding hydrogens is 192 g/mol. The van der Waals surface area contributed by atoms with Crippen molar-refractivity contribution in [2.24, 2.45) is 23.7 Å². The summed E-state index contributed by atoms with van der Waals surface area (Å²) in [5.74, 6) is 4.30. The summed E-state index contributed by atoms with van der Waals surface area (Å²) >= 11 is 6.29. The number of halogens is 1. The van der Waals surface area contributed by atoms with Crippen LogP contribution >= 0.6 is 11.6 Å². The van der Waals surface area contributed by atoms with Gasteiger partial charge in [0.1, 0.15) is 0 Å². The van der Waals surface area contributed by atoms with Crippen molar-refractivity contribution in [3.63, 3.8) is 0 Å². The van der Waals surface area contributed by atoms with Crippen molar-refractivity contribution in [3.05, 3.63) is 0 Å². The lowest BCUT2D eigenvalue weighted by molar-refractivity contribution is 0.181. The zero-order valence-corrected chi connectivity index (χ0v) is 9.68. The van der Waals surface area contributed by atoms with Crippen LogP contribution in [0.15, 0.2) is 0 Å². The normalized spacial score (nSPS) is 52.5. The zero-order chi connectivity index (χ0) is 9.54. The number of hydrogen-bond acceptors (Lipinski definition) is 0. The third-order valence-corrected chi connectivity index (χ3v) is 5.45. The molecule has 0 saturated heterocycles. The second-order valence-electron chi connectivity index (χ2n) is 5.86. The van der Waals surface area contributed by atoms with Crippen LogP contribution < -0.4 is 0 Å². The molecule has 0 radical (unpaired) electrons. The average molecular weight is 213 g/mol. The van der Waals surface area contributed by atoms with Gasteiger partial charge in [-0.2, -0.15) is 0 Å². The minimum Gasteiger partial charge on any atom is -0.123 e. The second kappa shape index (κ2) is 3.70. The van der Waals surface area contributed by atoms with Crippen LogP contribution in [0.25, 0.3) is 0 Å². The molecule has 14 heavy (non-hydrogen) atoms. The smallest absolute Gasteiger partial charge is 0.0338 e. The Morgan fingerprint density at radius 1 is 0.786 bits per heavy atom. The van der Waals surface area contributed by atoms with Gasteiger partial charge in [-0.1, -0.05) is 19.3 Å². The molecule has 3 aliphatic rings. The topological polar surface area (TPSA) is 0 Å². The van der Waals surface area contributed by atoms with Crippen LogP contribution in [0.4, 0.5) is 0 Å². The Morgan fingerprint density at radius 3 is 2.29 bits per heavy atom. The van der Waals surface area contributed by atoms with Crippen molar-refractivity contribution in [2.75, 3.05) is 0 Å². The maximum Gasteiger partial charge on any atom is 0.0338 e. The van der Waals surface area contributed by atoms with E-state index in [1.54, 1.807) is 19.3 Å². The van der Waals surface area contributed by atoms with E-state index in [1.807, 2.05) is 0 Å².